The minimum absolute atomic E-state index is 0.175. The summed E-state index contributed by atoms with van der Waals surface area (Å²) < 4.78 is 16.0. The van der Waals surface area contributed by atoms with Gasteiger partial charge in [-0.1, -0.05) is 12.1 Å². The second-order valence-corrected chi connectivity index (χ2v) is 5.84. The molecule has 126 valence electrons. The first-order chi connectivity index (χ1) is 11.5. The summed E-state index contributed by atoms with van der Waals surface area (Å²) >= 11 is 2.08. The van der Waals surface area contributed by atoms with Gasteiger partial charge >= 0.3 is 5.97 Å². The summed E-state index contributed by atoms with van der Waals surface area (Å²) in [6, 6.07) is 10.1. The van der Waals surface area contributed by atoms with Gasteiger partial charge in [0.2, 0.25) is 0 Å². The van der Waals surface area contributed by atoms with Gasteiger partial charge in [-0.05, 0) is 34.7 Å². The number of anilines is 1. The highest BCUT2D eigenvalue weighted by atomic mass is 127. The summed E-state index contributed by atoms with van der Waals surface area (Å²) in [7, 11) is 4.20. The highest BCUT2D eigenvalue weighted by Crippen LogP contribution is 2.34. The fraction of sp³-hybridized carbons (Fsp3) is 0.176. The van der Waals surface area contributed by atoms with E-state index in [1.165, 1.54) is 33.5 Å². The van der Waals surface area contributed by atoms with E-state index in [-0.39, 0.29) is 17.2 Å². The average Bonchev–Trinajstić information content (AvgIpc) is 2.60. The number of ether oxygens (including phenoxy) is 3. The number of methoxy groups -OCH3 is 3. The lowest BCUT2D eigenvalue weighted by molar-refractivity contribution is 0.0601. The first kappa shape index (κ1) is 18.1. The molecule has 6 nitrogen and oxygen atoms in total. The van der Waals surface area contributed by atoms with Crippen LogP contribution in [0.15, 0.2) is 36.4 Å². The minimum Gasteiger partial charge on any atom is -0.493 e. The van der Waals surface area contributed by atoms with Crippen molar-refractivity contribution in [3.05, 3.63) is 51.1 Å². The molecular formula is C17H16INO5. The molecule has 2 rings (SSSR count). The lowest BCUT2D eigenvalue weighted by Gasteiger charge is -2.15. The number of benzene rings is 2. The van der Waals surface area contributed by atoms with Crippen LogP contribution in [0.25, 0.3) is 0 Å². The van der Waals surface area contributed by atoms with Gasteiger partial charge in [0.25, 0.3) is 5.91 Å². The third-order valence-electron chi connectivity index (χ3n) is 3.30. The van der Waals surface area contributed by atoms with Gasteiger partial charge in [0.05, 0.1) is 38.1 Å². The molecule has 0 aliphatic carbocycles. The third kappa shape index (κ3) is 3.78. The molecule has 0 saturated heterocycles. The van der Waals surface area contributed by atoms with E-state index in [0.717, 1.165) is 3.57 Å². The van der Waals surface area contributed by atoms with E-state index in [4.69, 9.17) is 14.2 Å². The SMILES string of the molecule is COC(=O)c1cc(OC)c(OC)cc1NC(=O)c1ccccc1I. The number of nitrogens with one attached hydrogen (secondary N) is 1. The predicted molar refractivity (Wildman–Crippen MR) is 98.0 cm³/mol. The van der Waals surface area contributed by atoms with Crippen molar-refractivity contribution in [3.8, 4) is 11.5 Å². The molecule has 0 atom stereocenters. The second kappa shape index (κ2) is 8.00. The van der Waals surface area contributed by atoms with Crippen LogP contribution in [0.2, 0.25) is 0 Å². The van der Waals surface area contributed by atoms with Crippen LogP contribution in [0, 0.1) is 3.57 Å². The fourth-order valence-electron chi connectivity index (χ4n) is 2.10. The molecule has 0 spiro atoms. The van der Waals surface area contributed by atoms with Gasteiger partial charge < -0.3 is 19.5 Å². The summed E-state index contributed by atoms with van der Waals surface area (Å²) in [4.78, 5) is 24.5. The summed E-state index contributed by atoms with van der Waals surface area (Å²) in [5.74, 6) is -0.167. The van der Waals surface area contributed by atoms with Crippen molar-refractivity contribution in [2.24, 2.45) is 0 Å². The quantitative estimate of drug-likeness (QED) is 0.569. The summed E-state index contributed by atoms with van der Waals surface area (Å²) in [6.07, 6.45) is 0. The van der Waals surface area contributed by atoms with E-state index in [9.17, 15) is 9.59 Å². The van der Waals surface area contributed by atoms with Crippen molar-refractivity contribution >= 4 is 40.2 Å². The molecule has 0 bridgehead atoms. The van der Waals surface area contributed by atoms with E-state index in [0.29, 0.717) is 17.1 Å². The number of carbonyl (C=O) groups excluding carboxylic acids is 2. The third-order valence-corrected chi connectivity index (χ3v) is 4.24. The maximum atomic E-state index is 12.5. The second-order valence-electron chi connectivity index (χ2n) is 4.68. The Hall–Kier alpha value is -2.29. The van der Waals surface area contributed by atoms with Crippen molar-refractivity contribution in [1.29, 1.82) is 0 Å². The van der Waals surface area contributed by atoms with Gasteiger partial charge in [0.1, 0.15) is 0 Å². The zero-order chi connectivity index (χ0) is 17.7. The maximum absolute atomic E-state index is 12.5. The number of esters is 1. The van der Waals surface area contributed by atoms with E-state index in [1.807, 2.05) is 12.1 Å². The Kier molecular flexibility index (Phi) is 6.02. The molecule has 7 heteroatoms. The van der Waals surface area contributed by atoms with Crippen molar-refractivity contribution in [1.82, 2.24) is 0 Å². The van der Waals surface area contributed by atoms with Gasteiger partial charge in [-0.3, -0.25) is 4.79 Å². The molecule has 0 radical (unpaired) electrons. The van der Waals surface area contributed by atoms with Gasteiger partial charge in [0, 0.05) is 15.7 Å². The normalized spacial score (nSPS) is 10.0. The maximum Gasteiger partial charge on any atom is 0.340 e. The molecule has 0 unspecified atom stereocenters. The highest BCUT2D eigenvalue weighted by Gasteiger charge is 2.20. The van der Waals surface area contributed by atoms with Crippen molar-refractivity contribution in [3.63, 3.8) is 0 Å². The molecule has 0 aliphatic heterocycles. The van der Waals surface area contributed by atoms with Crippen LogP contribution in [0.3, 0.4) is 0 Å². The topological polar surface area (TPSA) is 73.9 Å². The molecule has 0 aliphatic rings. The standard InChI is InChI=1S/C17H16INO5/c1-22-14-8-11(17(21)24-3)13(9-15(14)23-2)19-16(20)10-6-4-5-7-12(10)18/h4-9H,1-3H3,(H,19,20). The Bertz CT molecular complexity index is 776. The molecule has 24 heavy (non-hydrogen) atoms. The van der Waals surface area contributed by atoms with Crippen molar-refractivity contribution in [2.75, 3.05) is 26.6 Å². The Labute approximate surface area is 153 Å². The number of rotatable bonds is 5. The Morgan fingerprint density at radius 2 is 1.58 bits per heavy atom. The molecule has 0 saturated carbocycles. The summed E-state index contributed by atoms with van der Waals surface area (Å²) in [5.41, 5.74) is 0.960. The van der Waals surface area contributed by atoms with E-state index in [2.05, 4.69) is 27.9 Å². The smallest absolute Gasteiger partial charge is 0.340 e. The van der Waals surface area contributed by atoms with E-state index < -0.39 is 5.97 Å². The molecule has 0 fully saturated rings. The van der Waals surface area contributed by atoms with Gasteiger partial charge in [-0.2, -0.15) is 0 Å². The summed E-state index contributed by atoms with van der Waals surface area (Å²) in [5, 5.41) is 2.73. The zero-order valence-corrected chi connectivity index (χ0v) is 15.5. The van der Waals surface area contributed by atoms with Crippen LogP contribution >= 0.6 is 22.6 Å². The molecule has 1 amide bonds. The molecule has 0 heterocycles. The van der Waals surface area contributed by atoms with Crippen LogP contribution in [-0.4, -0.2) is 33.2 Å². The first-order valence-electron chi connectivity index (χ1n) is 6.92. The highest BCUT2D eigenvalue weighted by molar-refractivity contribution is 14.1. The largest absolute Gasteiger partial charge is 0.493 e. The molecule has 1 N–H and O–H groups in total. The van der Waals surface area contributed by atoms with Crippen LogP contribution in [-0.2, 0) is 4.74 Å². The number of hydrogen-bond donors (Lipinski definition) is 1. The van der Waals surface area contributed by atoms with Gasteiger partial charge in [-0.15, -0.1) is 0 Å². The summed E-state index contributed by atoms with van der Waals surface area (Å²) in [6.45, 7) is 0. The molecule has 0 aromatic heterocycles. The van der Waals surface area contributed by atoms with Crippen LogP contribution < -0.4 is 14.8 Å². The molecule has 2 aromatic carbocycles. The predicted octanol–water partition coefficient (Wildman–Crippen LogP) is 3.35. The molecular weight excluding hydrogens is 425 g/mol. The Morgan fingerprint density at radius 1 is 0.958 bits per heavy atom. The minimum atomic E-state index is -0.589. The zero-order valence-electron chi connectivity index (χ0n) is 13.4. The van der Waals surface area contributed by atoms with Crippen LogP contribution in [0.5, 0.6) is 11.5 Å². The van der Waals surface area contributed by atoms with E-state index >= 15 is 0 Å². The van der Waals surface area contributed by atoms with E-state index in [1.54, 1.807) is 12.1 Å². The number of halogens is 1. The van der Waals surface area contributed by atoms with Crippen molar-refractivity contribution in [2.45, 2.75) is 0 Å². The number of carbonyl (C=O) groups is 2. The van der Waals surface area contributed by atoms with Crippen LogP contribution in [0.1, 0.15) is 20.7 Å². The number of hydrogen-bond acceptors (Lipinski definition) is 5. The lowest BCUT2D eigenvalue weighted by atomic mass is 10.1. The van der Waals surface area contributed by atoms with Crippen molar-refractivity contribution < 1.29 is 23.8 Å². The Morgan fingerprint density at radius 3 is 2.17 bits per heavy atom. The van der Waals surface area contributed by atoms with Crippen LogP contribution in [0.4, 0.5) is 5.69 Å². The van der Waals surface area contributed by atoms with Gasteiger partial charge in [0.15, 0.2) is 11.5 Å². The monoisotopic (exact) mass is 441 g/mol. The van der Waals surface area contributed by atoms with Gasteiger partial charge in [-0.25, -0.2) is 4.79 Å². The number of amides is 1. The molecule has 2 aromatic rings. The fourth-order valence-corrected chi connectivity index (χ4v) is 2.73. The Balaban J connectivity index is 2.46. The average molecular weight is 441 g/mol. The lowest BCUT2D eigenvalue weighted by Crippen LogP contribution is -2.16. The first-order valence-corrected chi connectivity index (χ1v) is 8.00.